The smallest absolute Gasteiger partial charge is 0.0297 e. The van der Waals surface area contributed by atoms with Crippen LogP contribution in [0.15, 0.2) is 43.0 Å². The van der Waals surface area contributed by atoms with Crippen molar-refractivity contribution >= 4 is 0 Å². The van der Waals surface area contributed by atoms with Crippen molar-refractivity contribution in [2.75, 3.05) is 13.6 Å². The maximum absolute atomic E-state index is 4.00. The van der Waals surface area contributed by atoms with Crippen molar-refractivity contribution in [3.63, 3.8) is 0 Å². The topological polar surface area (TPSA) is 15.3 Å². The summed E-state index contributed by atoms with van der Waals surface area (Å²) in [6.45, 7) is 12.1. The van der Waals surface area contributed by atoms with Crippen molar-refractivity contribution in [1.29, 1.82) is 0 Å². The van der Waals surface area contributed by atoms with E-state index in [0.717, 1.165) is 13.0 Å². The lowest BCUT2D eigenvalue weighted by atomic mass is 9.73. The van der Waals surface area contributed by atoms with Crippen molar-refractivity contribution in [3.05, 3.63) is 48.6 Å². The summed E-state index contributed by atoms with van der Waals surface area (Å²) >= 11 is 0. The van der Waals surface area contributed by atoms with Crippen molar-refractivity contribution in [2.24, 2.45) is 5.92 Å². The SMILES string of the molecule is C=CC[C@]1(N[C@H](C)c2ccccc2)C[C@H](C)N(C)C[C@H]1C. The summed E-state index contributed by atoms with van der Waals surface area (Å²) in [5.41, 5.74) is 1.52. The summed E-state index contributed by atoms with van der Waals surface area (Å²) in [7, 11) is 2.24. The van der Waals surface area contributed by atoms with Crippen LogP contribution in [-0.4, -0.2) is 30.1 Å². The summed E-state index contributed by atoms with van der Waals surface area (Å²) in [6.07, 6.45) is 4.29. The third kappa shape index (κ3) is 3.56. The molecule has 0 radical (unpaired) electrons. The number of nitrogens with zero attached hydrogens (tertiary/aromatic N) is 1. The molecule has 0 unspecified atom stereocenters. The molecule has 1 aliphatic heterocycles. The van der Waals surface area contributed by atoms with Gasteiger partial charge in [0, 0.05) is 24.2 Å². The van der Waals surface area contributed by atoms with Gasteiger partial charge in [-0.2, -0.15) is 0 Å². The van der Waals surface area contributed by atoms with E-state index in [1.807, 2.05) is 0 Å². The molecule has 0 amide bonds. The number of rotatable bonds is 5. The molecule has 21 heavy (non-hydrogen) atoms. The molecule has 1 saturated heterocycles. The molecule has 1 aromatic rings. The molecule has 0 aliphatic carbocycles. The summed E-state index contributed by atoms with van der Waals surface area (Å²) in [4.78, 5) is 2.47. The minimum atomic E-state index is 0.156. The monoisotopic (exact) mass is 286 g/mol. The van der Waals surface area contributed by atoms with Crippen LogP contribution in [0.5, 0.6) is 0 Å². The van der Waals surface area contributed by atoms with Crippen LogP contribution in [0.25, 0.3) is 0 Å². The zero-order valence-corrected chi connectivity index (χ0v) is 14.0. The van der Waals surface area contributed by atoms with Crippen LogP contribution in [0.1, 0.15) is 45.2 Å². The van der Waals surface area contributed by atoms with Crippen molar-refractivity contribution < 1.29 is 0 Å². The molecule has 4 atom stereocenters. The number of hydrogen-bond donors (Lipinski definition) is 1. The standard InChI is InChI=1S/C19H30N2/c1-6-12-19(13-16(3)21(5)14-15(19)2)20-17(4)18-10-8-7-9-11-18/h6-11,15-17,20H,1,12-14H2,2-5H3/t15-,16+,17-,19+/m1/s1. The van der Waals surface area contributed by atoms with Crippen LogP contribution in [0.4, 0.5) is 0 Å². The fourth-order valence-electron chi connectivity index (χ4n) is 3.73. The average Bonchev–Trinajstić information content (AvgIpc) is 2.46. The molecule has 1 fully saturated rings. The number of benzene rings is 1. The van der Waals surface area contributed by atoms with E-state index in [2.05, 4.69) is 81.0 Å². The first-order valence-corrected chi connectivity index (χ1v) is 8.12. The highest BCUT2D eigenvalue weighted by Gasteiger charge is 2.42. The van der Waals surface area contributed by atoms with Gasteiger partial charge < -0.3 is 10.2 Å². The highest BCUT2D eigenvalue weighted by molar-refractivity contribution is 5.19. The molecule has 2 heteroatoms. The molecule has 1 N–H and O–H groups in total. The Labute approximate surface area is 130 Å². The molecule has 0 bridgehead atoms. The van der Waals surface area contributed by atoms with Gasteiger partial charge in [0.15, 0.2) is 0 Å². The highest BCUT2D eigenvalue weighted by Crippen LogP contribution is 2.36. The van der Waals surface area contributed by atoms with Crippen molar-refractivity contribution in [2.45, 2.75) is 51.2 Å². The molecule has 0 aromatic heterocycles. The van der Waals surface area contributed by atoms with E-state index < -0.39 is 0 Å². The van der Waals surface area contributed by atoms with Gasteiger partial charge in [0.2, 0.25) is 0 Å². The third-order valence-electron chi connectivity index (χ3n) is 5.23. The van der Waals surface area contributed by atoms with Crippen LogP contribution in [0, 0.1) is 5.92 Å². The van der Waals surface area contributed by atoms with Gasteiger partial charge in [0.1, 0.15) is 0 Å². The zero-order valence-electron chi connectivity index (χ0n) is 14.0. The molecule has 116 valence electrons. The summed E-state index contributed by atoms with van der Waals surface area (Å²) < 4.78 is 0. The first kappa shape index (κ1) is 16.3. The van der Waals surface area contributed by atoms with Gasteiger partial charge in [-0.3, -0.25) is 0 Å². The van der Waals surface area contributed by atoms with Crippen LogP contribution in [-0.2, 0) is 0 Å². The van der Waals surface area contributed by atoms with Crippen LogP contribution < -0.4 is 5.32 Å². The molecule has 1 heterocycles. The Bertz CT molecular complexity index is 456. The van der Waals surface area contributed by atoms with Gasteiger partial charge >= 0.3 is 0 Å². The van der Waals surface area contributed by atoms with Crippen molar-refractivity contribution in [3.8, 4) is 0 Å². The van der Waals surface area contributed by atoms with Crippen LogP contribution >= 0.6 is 0 Å². The maximum atomic E-state index is 4.00. The molecular weight excluding hydrogens is 256 g/mol. The molecule has 2 rings (SSSR count). The minimum Gasteiger partial charge on any atom is -0.304 e. The van der Waals surface area contributed by atoms with Gasteiger partial charge in [0.05, 0.1) is 0 Å². The maximum Gasteiger partial charge on any atom is 0.0297 e. The number of likely N-dealkylation sites (tertiary alicyclic amines) is 1. The minimum absolute atomic E-state index is 0.156. The van der Waals surface area contributed by atoms with E-state index in [-0.39, 0.29) is 5.54 Å². The predicted octanol–water partition coefficient (Wildman–Crippen LogP) is 4.01. The fraction of sp³-hybridized carbons (Fsp3) is 0.579. The van der Waals surface area contributed by atoms with Gasteiger partial charge in [-0.1, -0.05) is 43.3 Å². The Hall–Kier alpha value is -1.12. The van der Waals surface area contributed by atoms with E-state index in [0.29, 0.717) is 18.0 Å². The fourth-order valence-corrected chi connectivity index (χ4v) is 3.73. The van der Waals surface area contributed by atoms with Gasteiger partial charge in [-0.05, 0) is 45.2 Å². The lowest BCUT2D eigenvalue weighted by molar-refractivity contribution is 0.0491. The Kier molecular flexibility index (Phi) is 5.23. The zero-order chi connectivity index (χ0) is 15.5. The van der Waals surface area contributed by atoms with Gasteiger partial charge in [-0.25, -0.2) is 0 Å². The molecular formula is C19H30N2. The lowest BCUT2D eigenvalue weighted by Gasteiger charge is -2.50. The second kappa shape index (κ2) is 6.76. The normalized spacial score (nSPS) is 31.8. The lowest BCUT2D eigenvalue weighted by Crippen LogP contribution is -2.60. The molecule has 0 saturated carbocycles. The summed E-state index contributed by atoms with van der Waals surface area (Å²) in [6, 6.07) is 11.7. The number of piperidine rings is 1. The molecule has 2 nitrogen and oxygen atoms in total. The molecule has 0 spiro atoms. The quantitative estimate of drug-likeness (QED) is 0.823. The van der Waals surface area contributed by atoms with E-state index >= 15 is 0 Å². The highest BCUT2D eigenvalue weighted by atomic mass is 15.2. The van der Waals surface area contributed by atoms with Crippen molar-refractivity contribution in [1.82, 2.24) is 10.2 Å². The Morgan fingerprint density at radius 2 is 2.05 bits per heavy atom. The van der Waals surface area contributed by atoms with Crippen LogP contribution in [0.2, 0.25) is 0 Å². The Morgan fingerprint density at radius 1 is 1.38 bits per heavy atom. The Morgan fingerprint density at radius 3 is 2.67 bits per heavy atom. The Balaban J connectivity index is 2.20. The first-order chi connectivity index (χ1) is 9.98. The molecule has 1 aromatic carbocycles. The average molecular weight is 286 g/mol. The van der Waals surface area contributed by atoms with E-state index in [1.165, 1.54) is 12.0 Å². The largest absolute Gasteiger partial charge is 0.304 e. The first-order valence-electron chi connectivity index (χ1n) is 8.12. The second-order valence-corrected chi connectivity index (χ2v) is 6.82. The van der Waals surface area contributed by atoms with E-state index in [1.54, 1.807) is 0 Å². The second-order valence-electron chi connectivity index (χ2n) is 6.82. The predicted molar refractivity (Wildman–Crippen MR) is 91.4 cm³/mol. The number of nitrogens with one attached hydrogen (secondary N) is 1. The number of hydrogen-bond acceptors (Lipinski definition) is 2. The molecule has 1 aliphatic rings. The van der Waals surface area contributed by atoms with E-state index in [9.17, 15) is 0 Å². The summed E-state index contributed by atoms with van der Waals surface area (Å²) in [5, 5.41) is 3.95. The van der Waals surface area contributed by atoms with Gasteiger partial charge in [0.25, 0.3) is 0 Å². The van der Waals surface area contributed by atoms with E-state index in [4.69, 9.17) is 0 Å². The summed E-state index contributed by atoms with van der Waals surface area (Å²) in [5.74, 6) is 0.614. The van der Waals surface area contributed by atoms with Gasteiger partial charge in [-0.15, -0.1) is 6.58 Å². The third-order valence-corrected chi connectivity index (χ3v) is 5.23. The van der Waals surface area contributed by atoms with Crippen LogP contribution in [0.3, 0.4) is 0 Å².